The van der Waals surface area contributed by atoms with Crippen LogP contribution in [0, 0.1) is 0 Å². The number of rotatable bonds is 0. The van der Waals surface area contributed by atoms with Crippen molar-refractivity contribution >= 4 is 5.69 Å². The zero-order valence-electron chi connectivity index (χ0n) is 11.2. The molecule has 2 spiro atoms. The topological polar surface area (TPSA) is 15.3 Å². The monoisotopic (exact) mass is 240 g/mol. The van der Waals surface area contributed by atoms with Crippen molar-refractivity contribution in [2.24, 2.45) is 0 Å². The highest BCUT2D eigenvalue weighted by Gasteiger charge is 2.64. The second kappa shape index (κ2) is 3.18. The largest absolute Gasteiger partial charge is 0.355 e. The molecule has 2 heterocycles. The Kier molecular flexibility index (Phi) is 1.88. The molecule has 0 amide bonds. The van der Waals surface area contributed by atoms with Gasteiger partial charge in [-0.25, -0.2) is 0 Å². The average Bonchev–Trinajstić information content (AvgIpc) is 2.95. The quantitative estimate of drug-likeness (QED) is 0.702. The molecule has 1 aromatic carbocycles. The van der Waals surface area contributed by atoms with Crippen LogP contribution in [0.2, 0.25) is 0 Å². The van der Waals surface area contributed by atoms with Crippen molar-refractivity contribution in [3.05, 3.63) is 41.5 Å². The summed E-state index contributed by atoms with van der Waals surface area (Å²) in [5.41, 5.74) is 4.86. The molecule has 2 atom stereocenters. The maximum atomic E-state index is 3.84. The summed E-state index contributed by atoms with van der Waals surface area (Å²) < 4.78 is 0. The van der Waals surface area contributed by atoms with Crippen molar-refractivity contribution in [2.45, 2.75) is 37.3 Å². The number of benzene rings is 1. The fourth-order valence-electron chi connectivity index (χ4n) is 4.55. The molecule has 1 aromatic rings. The number of hydrogen-bond donors (Lipinski definition) is 1. The highest BCUT2D eigenvalue weighted by Crippen LogP contribution is 2.62. The van der Waals surface area contributed by atoms with Crippen LogP contribution in [0.1, 0.15) is 31.7 Å². The van der Waals surface area contributed by atoms with E-state index in [-0.39, 0.29) is 11.1 Å². The van der Waals surface area contributed by atoms with E-state index in [9.17, 15) is 0 Å². The smallest absolute Gasteiger partial charge is 0.105 e. The lowest BCUT2D eigenvalue weighted by Gasteiger charge is -2.52. The first-order chi connectivity index (χ1) is 8.72. The number of hydrogen-bond acceptors (Lipinski definition) is 2. The van der Waals surface area contributed by atoms with E-state index in [1.165, 1.54) is 30.5 Å². The van der Waals surface area contributed by atoms with Gasteiger partial charge in [-0.05, 0) is 44.4 Å². The fourth-order valence-corrected chi connectivity index (χ4v) is 4.55. The van der Waals surface area contributed by atoms with Crippen LogP contribution in [0.5, 0.6) is 0 Å². The van der Waals surface area contributed by atoms with Gasteiger partial charge in [0.25, 0.3) is 0 Å². The molecular formula is C16H20N2. The molecule has 1 saturated heterocycles. The highest BCUT2D eigenvalue weighted by atomic mass is 15.4. The van der Waals surface area contributed by atoms with Crippen LogP contribution >= 0.6 is 0 Å². The van der Waals surface area contributed by atoms with Gasteiger partial charge in [0.1, 0.15) is 5.66 Å². The number of fused-ring (bicyclic) bond motifs is 3. The minimum atomic E-state index is 0.134. The van der Waals surface area contributed by atoms with E-state index in [4.69, 9.17) is 0 Å². The van der Waals surface area contributed by atoms with Gasteiger partial charge in [0, 0.05) is 12.7 Å². The van der Waals surface area contributed by atoms with Gasteiger partial charge in [-0.2, -0.15) is 0 Å². The van der Waals surface area contributed by atoms with Gasteiger partial charge >= 0.3 is 0 Å². The van der Waals surface area contributed by atoms with Crippen molar-refractivity contribution in [1.29, 1.82) is 0 Å². The first kappa shape index (κ1) is 10.6. The Morgan fingerprint density at radius 3 is 2.72 bits per heavy atom. The Hall–Kier alpha value is -1.28. The Morgan fingerprint density at radius 1 is 1.28 bits per heavy atom. The van der Waals surface area contributed by atoms with Crippen molar-refractivity contribution in [1.82, 2.24) is 5.32 Å². The number of likely N-dealkylation sites (N-methyl/N-ethyl adjacent to an activating group) is 1. The van der Waals surface area contributed by atoms with E-state index in [0.29, 0.717) is 0 Å². The Labute approximate surface area is 109 Å². The van der Waals surface area contributed by atoms with Gasteiger partial charge in [-0.1, -0.05) is 29.8 Å². The summed E-state index contributed by atoms with van der Waals surface area (Å²) in [6.45, 7) is 3.45. The summed E-state index contributed by atoms with van der Waals surface area (Å²) in [6, 6.07) is 8.96. The maximum absolute atomic E-state index is 3.84. The third-order valence-electron chi connectivity index (χ3n) is 5.52. The lowest BCUT2D eigenvalue weighted by molar-refractivity contribution is 0.221. The summed E-state index contributed by atoms with van der Waals surface area (Å²) in [7, 11) is 2.26. The molecule has 1 aliphatic carbocycles. The van der Waals surface area contributed by atoms with Crippen LogP contribution in [0.25, 0.3) is 0 Å². The molecule has 3 aliphatic rings. The predicted molar refractivity (Wildman–Crippen MR) is 74.9 cm³/mol. The van der Waals surface area contributed by atoms with E-state index >= 15 is 0 Å². The lowest BCUT2D eigenvalue weighted by atomic mass is 9.58. The summed E-state index contributed by atoms with van der Waals surface area (Å²) in [6.07, 6.45) is 6.13. The molecule has 18 heavy (non-hydrogen) atoms. The highest BCUT2D eigenvalue weighted by molar-refractivity contribution is 5.71. The molecule has 94 valence electrons. The molecule has 4 rings (SSSR count). The van der Waals surface area contributed by atoms with Crippen molar-refractivity contribution < 1.29 is 0 Å². The van der Waals surface area contributed by atoms with Crippen LogP contribution in [0.4, 0.5) is 5.69 Å². The zero-order chi connectivity index (χ0) is 12.4. The summed E-state index contributed by atoms with van der Waals surface area (Å²) >= 11 is 0. The minimum absolute atomic E-state index is 0.134. The Bertz CT molecular complexity index is 540. The molecule has 0 radical (unpaired) electrons. The van der Waals surface area contributed by atoms with Crippen LogP contribution in [0.15, 0.2) is 35.9 Å². The number of allylic oxidation sites excluding steroid dienone is 1. The SMILES string of the molecule is CC1=CC[C@@]12c1ccccc1N(C)[C@@]21CCCN1. The summed E-state index contributed by atoms with van der Waals surface area (Å²) in [5.74, 6) is 0. The zero-order valence-corrected chi connectivity index (χ0v) is 11.2. The van der Waals surface area contributed by atoms with Gasteiger partial charge in [-0.15, -0.1) is 0 Å². The number of nitrogens with zero attached hydrogens (tertiary/aromatic N) is 1. The van der Waals surface area contributed by atoms with Gasteiger partial charge in [0.2, 0.25) is 0 Å². The van der Waals surface area contributed by atoms with E-state index in [1.54, 1.807) is 5.57 Å². The van der Waals surface area contributed by atoms with E-state index in [2.05, 4.69) is 54.5 Å². The Balaban J connectivity index is 2.00. The van der Waals surface area contributed by atoms with Gasteiger partial charge in [0.05, 0.1) is 5.41 Å². The van der Waals surface area contributed by atoms with Gasteiger partial charge in [0.15, 0.2) is 0 Å². The molecule has 1 N–H and O–H groups in total. The summed E-state index contributed by atoms with van der Waals surface area (Å²) in [4.78, 5) is 2.51. The normalized spacial score (nSPS) is 37.0. The Morgan fingerprint density at radius 2 is 2.11 bits per heavy atom. The number of anilines is 1. The second-order valence-corrected chi connectivity index (χ2v) is 5.96. The van der Waals surface area contributed by atoms with Crippen molar-refractivity contribution in [3.8, 4) is 0 Å². The molecular weight excluding hydrogens is 220 g/mol. The van der Waals surface area contributed by atoms with Crippen molar-refractivity contribution in [2.75, 3.05) is 18.5 Å². The second-order valence-electron chi connectivity index (χ2n) is 5.96. The molecule has 2 heteroatoms. The molecule has 2 nitrogen and oxygen atoms in total. The lowest BCUT2D eigenvalue weighted by Crippen LogP contribution is -2.65. The maximum Gasteiger partial charge on any atom is 0.105 e. The third kappa shape index (κ3) is 0.892. The molecule has 2 aliphatic heterocycles. The molecule has 0 bridgehead atoms. The molecule has 0 aromatic heterocycles. The standard InChI is InChI=1S/C16H20N2/c1-12-8-10-15(12)13-6-3-4-7-14(13)18(2)16(15)9-5-11-17-16/h3-4,6-8,17H,5,9-11H2,1-2H3/t15-,16-/m0/s1. The number of para-hydroxylation sites is 1. The third-order valence-corrected chi connectivity index (χ3v) is 5.52. The van der Waals surface area contributed by atoms with Gasteiger partial charge < -0.3 is 4.90 Å². The predicted octanol–water partition coefficient (Wildman–Crippen LogP) is 2.80. The first-order valence-corrected chi connectivity index (χ1v) is 6.98. The van der Waals surface area contributed by atoms with E-state index in [0.717, 1.165) is 6.54 Å². The molecule has 0 saturated carbocycles. The molecule has 1 fully saturated rings. The van der Waals surface area contributed by atoms with E-state index in [1.807, 2.05) is 0 Å². The van der Waals surface area contributed by atoms with Crippen LogP contribution < -0.4 is 10.2 Å². The first-order valence-electron chi connectivity index (χ1n) is 6.98. The van der Waals surface area contributed by atoms with Crippen LogP contribution in [-0.2, 0) is 5.41 Å². The summed E-state index contributed by atoms with van der Waals surface area (Å²) in [5, 5.41) is 3.84. The van der Waals surface area contributed by atoms with Gasteiger partial charge in [-0.3, -0.25) is 5.32 Å². The van der Waals surface area contributed by atoms with Crippen LogP contribution in [-0.4, -0.2) is 19.3 Å². The minimum Gasteiger partial charge on any atom is -0.355 e. The molecule has 0 unspecified atom stereocenters. The fraction of sp³-hybridized carbons (Fsp3) is 0.500. The van der Waals surface area contributed by atoms with Crippen LogP contribution in [0.3, 0.4) is 0 Å². The van der Waals surface area contributed by atoms with E-state index < -0.39 is 0 Å². The van der Waals surface area contributed by atoms with Crippen molar-refractivity contribution in [3.63, 3.8) is 0 Å². The average molecular weight is 240 g/mol. The number of nitrogens with one attached hydrogen (secondary N) is 1.